The van der Waals surface area contributed by atoms with Crippen molar-refractivity contribution in [3.63, 3.8) is 0 Å². The summed E-state index contributed by atoms with van der Waals surface area (Å²) in [5.74, 6) is 5.41. The molecule has 0 aromatic carbocycles. The van der Waals surface area contributed by atoms with E-state index in [4.69, 9.17) is 5.84 Å². The average molecular weight is 199 g/mol. The fraction of sp³-hybridized carbons (Fsp3) is 0.750. The second-order valence-electron chi connectivity index (χ2n) is 4.04. The summed E-state index contributed by atoms with van der Waals surface area (Å²) >= 11 is 0. The molecule has 1 aliphatic carbocycles. The topological polar surface area (TPSA) is 68.8 Å². The molecule has 1 fully saturated rings. The van der Waals surface area contributed by atoms with Crippen LogP contribution >= 0.6 is 0 Å². The Bertz CT molecular complexity index is 338. The Labute approximate surface area is 81.4 Å². The number of alkyl halides is 1. The Morgan fingerprint density at radius 2 is 2.50 bits per heavy atom. The van der Waals surface area contributed by atoms with E-state index in [0.29, 0.717) is 12.1 Å². The van der Waals surface area contributed by atoms with Gasteiger partial charge < -0.3 is 0 Å². The fourth-order valence-corrected chi connectivity index (χ4v) is 1.73. The van der Waals surface area contributed by atoms with E-state index < -0.39 is 11.6 Å². The van der Waals surface area contributed by atoms with Crippen LogP contribution in [0.25, 0.3) is 0 Å². The smallest absolute Gasteiger partial charge is 0.108 e. The van der Waals surface area contributed by atoms with Crippen LogP contribution in [0.4, 0.5) is 4.39 Å². The molecule has 1 saturated carbocycles. The lowest BCUT2D eigenvalue weighted by Gasteiger charge is -2.19. The molecule has 0 bridgehead atoms. The van der Waals surface area contributed by atoms with Gasteiger partial charge in [0.2, 0.25) is 0 Å². The van der Waals surface area contributed by atoms with Gasteiger partial charge in [0.25, 0.3) is 0 Å². The number of nitrogens with two attached hydrogens (primary N) is 1. The number of aromatic nitrogens is 3. The van der Waals surface area contributed by atoms with Gasteiger partial charge in [0.15, 0.2) is 0 Å². The van der Waals surface area contributed by atoms with Gasteiger partial charge in [-0.15, -0.1) is 0 Å². The van der Waals surface area contributed by atoms with Crippen LogP contribution in [-0.4, -0.2) is 21.2 Å². The summed E-state index contributed by atoms with van der Waals surface area (Å²) in [4.78, 5) is 1.44. The van der Waals surface area contributed by atoms with E-state index in [-0.39, 0.29) is 6.04 Å². The second-order valence-corrected chi connectivity index (χ2v) is 4.04. The van der Waals surface area contributed by atoms with Gasteiger partial charge in [-0.05, 0) is 6.42 Å². The van der Waals surface area contributed by atoms with Gasteiger partial charge in [-0.1, -0.05) is 6.92 Å². The van der Waals surface area contributed by atoms with Crippen molar-refractivity contribution in [3.8, 4) is 0 Å². The molecule has 0 saturated heterocycles. The van der Waals surface area contributed by atoms with Gasteiger partial charge in [-0.3, -0.25) is 11.3 Å². The molecule has 1 aromatic rings. The normalized spacial score (nSPS) is 33.0. The Morgan fingerprint density at radius 1 is 1.86 bits per heavy atom. The van der Waals surface area contributed by atoms with Crippen LogP contribution in [0.15, 0.2) is 6.20 Å². The first-order valence-corrected chi connectivity index (χ1v) is 4.54. The summed E-state index contributed by atoms with van der Waals surface area (Å²) in [6, 6.07) is -0.258. The minimum Gasteiger partial charge on any atom is -0.271 e. The monoisotopic (exact) mass is 199 g/mol. The number of nitrogens with one attached hydrogen (secondary N) is 1. The predicted molar refractivity (Wildman–Crippen MR) is 48.7 cm³/mol. The molecule has 5 nitrogen and oxygen atoms in total. The number of nitrogens with zero attached hydrogens (tertiary/aromatic N) is 3. The van der Waals surface area contributed by atoms with Crippen LogP contribution in [0.1, 0.15) is 25.1 Å². The van der Waals surface area contributed by atoms with Crippen LogP contribution in [0.2, 0.25) is 0 Å². The number of hydrogen-bond donors (Lipinski definition) is 2. The van der Waals surface area contributed by atoms with E-state index in [1.54, 1.807) is 13.2 Å². The van der Waals surface area contributed by atoms with Crippen molar-refractivity contribution in [2.75, 3.05) is 0 Å². The molecule has 3 N–H and O–H groups in total. The predicted octanol–water partition coefficient (Wildman–Crippen LogP) is 0.0676. The molecule has 6 heteroatoms. The number of rotatable bonds is 3. The molecule has 3 unspecified atom stereocenters. The van der Waals surface area contributed by atoms with Crippen molar-refractivity contribution in [1.82, 2.24) is 20.4 Å². The number of hydrogen-bond acceptors (Lipinski definition) is 4. The standard InChI is InChI=1S/C8H14FN5/c1-8(3-6(8)9)7(12-10)5-4-11-14(2)13-5/h4,6-7,12H,3,10H2,1-2H3. The minimum absolute atomic E-state index is 0.258. The molecule has 14 heavy (non-hydrogen) atoms. The molecule has 78 valence electrons. The van der Waals surface area contributed by atoms with Crippen LogP contribution < -0.4 is 11.3 Å². The summed E-state index contributed by atoms with van der Waals surface area (Å²) in [6.45, 7) is 1.86. The Kier molecular flexibility index (Phi) is 2.04. The first-order chi connectivity index (χ1) is 6.58. The summed E-state index contributed by atoms with van der Waals surface area (Å²) in [7, 11) is 1.72. The lowest BCUT2D eigenvalue weighted by atomic mass is 9.97. The van der Waals surface area contributed by atoms with E-state index >= 15 is 0 Å². The first-order valence-electron chi connectivity index (χ1n) is 4.54. The van der Waals surface area contributed by atoms with Crippen molar-refractivity contribution in [1.29, 1.82) is 0 Å². The van der Waals surface area contributed by atoms with Gasteiger partial charge in [0.05, 0.1) is 12.2 Å². The van der Waals surface area contributed by atoms with Gasteiger partial charge >= 0.3 is 0 Å². The third-order valence-electron chi connectivity index (χ3n) is 2.91. The number of hydrazine groups is 1. The molecular weight excluding hydrogens is 185 g/mol. The number of halogens is 1. The zero-order valence-electron chi connectivity index (χ0n) is 8.24. The van der Waals surface area contributed by atoms with Crippen LogP contribution in [0.5, 0.6) is 0 Å². The van der Waals surface area contributed by atoms with Crippen molar-refractivity contribution < 1.29 is 4.39 Å². The van der Waals surface area contributed by atoms with Crippen molar-refractivity contribution in [3.05, 3.63) is 11.9 Å². The van der Waals surface area contributed by atoms with Crippen LogP contribution in [0, 0.1) is 5.41 Å². The Morgan fingerprint density at radius 3 is 2.86 bits per heavy atom. The SMILES string of the molecule is Cn1ncc(C(NN)C2(C)CC2F)n1. The van der Waals surface area contributed by atoms with E-state index in [1.807, 2.05) is 6.92 Å². The minimum atomic E-state index is -0.800. The maximum Gasteiger partial charge on any atom is 0.108 e. The van der Waals surface area contributed by atoms with E-state index in [0.717, 1.165) is 0 Å². The molecule has 0 amide bonds. The molecule has 0 aliphatic heterocycles. The molecule has 1 aliphatic rings. The summed E-state index contributed by atoms with van der Waals surface area (Å²) in [5, 5.41) is 8.06. The van der Waals surface area contributed by atoms with Crippen molar-refractivity contribution in [2.24, 2.45) is 18.3 Å². The quantitative estimate of drug-likeness (QED) is 0.534. The highest BCUT2D eigenvalue weighted by atomic mass is 19.1. The highest BCUT2D eigenvalue weighted by Crippen LogP contribution is 2.55. The van der Waals surface area contributed by atoms with E-state index in [2.05, 4.69) is 15.6 Å². The molecule has 3 atom stereocenters. The summed E-state index contributed by atoms with van der Waals surface area (Å²) in [6.07, 6.45) is 1.34. The largest absolute Gasteiger partial charge is 0.271 e. The lowest BCUT2D eigenvalue weighted by Crippen LogP contribution is -2.35. The molecule has 2 rings (SSSR count). The van der Waals surface area contributed by atoms with Crippen LogP contribution in [0.3, 0.4) is 0 Å². The average Bonchev–Trinajstić information content (AvgIpc) is 2.57. The van der Waals surface area contributed by atoms with Crippen LogP contribution in [-0.2, 0) is 7.05 Å². The Hall–Kier alpha value is -1.01. The summed E-state index contributed by atoms with van der Waals surface area (Å²) in [5.41, 5.74) is 2.88. The molecule has 1 aromatic heterocycles. The zero-order valence-corrected chi connectivity index (χ0v) is 8.24. The number of aryl methyl sites for hydroxylation is 1. The third-order valence-corrected chi connectivity index (χ3v) is 2.91. The van der Waals surface area contributed by atoms with E-state index in [1.165, 1.54) is 4.80 Å². The summed E-state index contributed by atoms with van der Waals surface area (Å²) < 4.78 is 13.1. The van der Waals surface area contributed by atoms with Crippen molar-refractivity contribution >= 4 is 0 Å². The second kappa shape index (κ2) is 2.99. The Balaban J connectivity index is 2.22. The first kappa shape index (κ1) is 9.54. The lowest BCUT2D eigenvalue weighted by molar-refractivity contribution is 0.289. The highest BCUT2D eigenvalue weighted by Gasteiger charge is 2.57. The molecule has 0 radical (unpaired) electrons. The van der Waals surface area contributed by atoms with Gasteiger partial charge in [-0.25, -0.2) is 4.39 Å². The van der Waals surface area contributed by atoms with Gasteiger partial charge in [0, 0.05) is 12.5 Å². The zero-order chi connectivity index (χ0) is 10.3. The molecular formula is C8H14FN5. The van der Waals surface area contributed by atoms with Gasteiger partial charge in [0.1, 0.15) is 11.9 Å². The van der Waals surface area contributed by atoms with Gasteiger partial charge in [-0.2, -0.15) is 15.0 Å². The maximum absolute atomic E-state index is 13.1. The highest BCUT2D eigenvalue weighted by molar-refractivity contribution is 5.15. The molecule has 0 spiro atoms. The maximum atomic E-state index is 13.1. The fourth-order valence-electron chi connectivity index (χ4n) is 1.73. The molecule has 1 heterocycles. The van der Waals surface area contributed by atoms with Crippen molar-refractivity contribution in [2.45, 2.75) is 25.6 Å². The third kappa shape index (κ3) is 1.31. The van der Waals surface area contributed by atoms with E-state index in [9.17, 15) is 4.39 Å².